The second-order valence-corrected chi connectivity index (χ2v) is 5.94. The molecule has 1 heterocycles. The monoisotopic (exact) mass is 322 g/mol. The SMILES string of the molecule is CN(C)C(=O)C1CCN(C(=O)CCOc2ccc(F)cc2)CC1. The maximum Gasteiger partial charge on any atom is 0.225 e. The molecule has 1 saturated heterocycles. The third kappa shape index (κ3) is 4.94. The summed E-state index contributed by atoms with van der Waals surface area (Å²) < 4.78 is 18.2. The molecule has 1 aliphatic rings. The van der Waals surface area contributed by atoms with Gasteiger partial charge in [-0.05, 0) is 37.1 Å². The molecule has 0 N–H and O–H groups in total. The van der Waals surface area contributed by atoms with Gasteiger partial charge < -0.3 is 14.5 Å². The van der Waals surface area contributed by atoms with Crippen molar-refractivity contribution in [3.63, 3.8) is 0 Å². The van der Waals surface area contributed by atoms with Crippen LogP contribution < -0.4 is 4.74 Å². The van der Waals surface area contributed by atoms with Crippen LogP contribution in [0.2, 0.25) is 0 Å². The van der Waals surface area contributed by atoms with E-state index in [-0.39, 0.29) is 36.6 Å². The molecule has 0 saturated carbocycles. The molecule has 1 aromatic carbocycles. The Morgan fingerprint density at radius 2 is 1.83 bits per heavy atom. The molecule has 1 aromatic rings. The number of halogens is 1. The minimum Gasteiger partial charge on any atom is -0.493 e. The van der Waals surface area contributed by atoms with E-state index >= 15 is 0 Å². The van der Waals surface area contributed by atoms with E-state index in [1.165, 1.54) is 24.3 Å². The lowest BCUT2D eigenvalue weighted by molar-refractivity contribution is -0.139. The van der Waals surface area contributed by atoms with Crippen molar-refractivity contribution in [1.29, 1.82) is 0 Å². The lowest BCUT2D eigenvalue weighted by Gasteiger charge is -2.32. The van der Waals surface area contributed by atoms with Crippen molar-refractivity contribution in [3.05, 3.63) is 30.1 Å². The Labute approximate surface area is 136 Å². The van der Waals surface area contributed by atoms with Crippen LogP contribution in [0.4, 0.5) is 4.39 Å². The van der Waals surface area contributed by atoms with E-state index in [1.54, 1.807) is 23.9 Å². The first kappa shape index (κ1) is 17.2. The second kappa shape index (κ2) is 7.94. The van der Waals surface area contributed by atoms with E-state index in [1.807, 2.05) is 0 Å². The van der Waals surface area contributed by atoms with Crippen molar-refractivity contribution in [3.8, 4) is 5.75 Å². The van der Waals surface area contributed by atoms with Crippen LogP contribution in [0.25, 0.3) is 0 Å². The van der Waals surface area contributed by atoms with Crippen molar-refractivity contribution in [1.82, 2.24) is 9.80 Å². The zero-order valence-corrected chi connectivity index (χ0v) is 13.6. The van der Waals surface area contributed by atoms with Crippen LogP contribution in [0.1, 0.15) is 19.3 Å². The third-order valence-electron chi connectivity index (χ3n) is 4.04. The number of likely N-dealkylation sites (tertiary alicyclic amines) is 1. The fourth-order valence-electron chi connectivity index (χ4n) is 2.69. The van der Waals surface area contributed by atoms with Crippen molar-refractivity contribution in [2.24, 2.45) is 5.92 Å². The average Bonchev–Trinajstić information content (AvgIpc) is 2.56. The molecular formula is C17H23FN2O3. The summed E-state index contributed by atoms with van der Waals surface area (Å²) in [5, 5.41) is 0. The number of ether oxygens (including phenoxy) is 1. The molecule has 0 bridgehead atoms. The Bertz CT molecular complexity index is 537. The normalized spacial score (nSPS) is 15.3. The van der Waals surface area contributed by atoms with Gasteiger partial charge in [0.15, 0.2) is 0 Å². The summed E-state index contributed by atoms with van der Waals surface area (Å²) >= 11 is 0. The molecule has 0 unspecified atom stereocenters. The van der Waals surface area contributed by atoms with Gasteiger partial charge >= 0.3 is 0 Å². The van der Waals surface area contributed by atoms with Gasteiger partial charge in [0.05, 0.1) is 13.0 Å². The van der Waals surface area contributed by atoms with Crippen molar-refractivity contribution in [2.45, 2.75) is 19.3 Å². The molecule has 0 aromatic heterocycles. The minimum absolute atomic E-state index is 0.0181. The van der Waals surface area contributed by atoms with Gasteiger partial charge in [-0.1, -0.05) is 0 Å². The number of amides is 2. The number of rotatable bonds is 5. The molecule has 23 heavy (non-hydrogen) atoms. The van der Waals surface area contributed by atoms with Gasteiger partial charge in [-0.2, -0.15) is 0 Å². The molecule has 1 aliphatic heterocycles. The standard InChI is InChI=1S/C17H23FN2O3/c1-19(2)17(22)13-7-10-20(11-8-13)16(21)9-12-23-15-5-3-14(18)4-6-15/h3-6,13H,7-12H2,1-2H3. The predicted molar refractivity (Wildman–Crippen MR) is 84.5 cm³/mol. The number of hydrogen-bond donors (Lipinski definition) is 0. The minimum atomic E-state index is -0.316. The van der Waals surface area contributed by atoms with E-state index in [2.05, 4.69) is 0 Å². The van der Waals surface area contributed by atoms with Crippen LogP contribution in [-0.2, 0) is 9.59 Å². The summed E-state index contributed by atoms with van der Waals surface area (Å²) in [7, 11) is 3.51. The topological polar surface area (TPSA) is 49.9 Å². The third-order valence-corrected chi connectivity index (χ3v) is 4.04. The molecule has 1 fully saturated rings. The Kier molecular flexibility index (Phi) is 5.96. The molecular weight excluding hydrogens is 299 g/mol. The lowest BCUT2D eigenvalue weighted by atomic mass is 9.95. The quantitative estimate of drug-likeness (QED) is 0.832. The molecule has 0 radical (unpaired) electrons. The van der Waals surface area contributed by atoms with Crippen LogP contribution in [0.5, 0.6) is 5.75 Å². The van der Waals surface area contributed by atoms with Crippen LogP contribution >= 0.6 is 0 Å². The van der Waals surface area contributed by atoms with Gasteiger partial charge in [0.2, 0.25) is 11.8 Å². The second-order valence-electron chi connectivity index (χ2n) is 5.94. The highest BCUT2D eigenvalue weighted by Gasteiger charge is 2.27. The summed E-state index contributed by atoms with van der Waals surface area (Å²) in [4.78, 5) is 27.4. The van der Waals surface area contributed by atoms with Gasteiger partial charge in [-0.15, -0.1) is 0 Å². The smallest absolute Gasteiger partial charge is 0.225 e. The first-order chi connectivity index (χ1) is 11.0. The summed E-state index contributed by atoms with van der Waals surface area (Å²) in [6, 6.07) is 5.73. The fourth-order valence-corrected chi connectivity index (χ4v) is 2.69. The number of carbonyl (C=O) groups excluding carboxylic acids is 2. The summed E-state index contributed by atoms with van der Waals surface area (Å²) in [6.07, 6.45) is 1.70. The van der Waals surface area contributed by atoms with Crippen LogP contribution in [0, 0.1) is 11.7 Å². The van der Waals surface area contributed by atoms with Gasteiger partial charge in [0, 0.05) is 33.1 Å². The van der Waals surface area contributed by atoms with Crippen molar-refractivity contribution in [2.75, 3.05) is 33.8 Å². The van der Waals surface area contributed by atoms with Crippen LogP contribution in [-0.4, -0.2) is 55.4 Å². The highest BCUT2D eigenvalue weighted by molar-refractivity contribution is 5.79. The molecule has 0 aliphatic carbocycles. The van der Waals surface area contributed by atoms with Gasteiger partial charge in [0.25, 0.3) is 0 Å². The predicted octanol–water partition coefficient (Wildman–Crippen LogP) is 1.92. The number of benzene rings is 1. The van der Waals surface area contributed by atoms with E-state index in [0.717, 1.165) is 0 Å². The molecule has 0 spiro atoms. The molecule has 0 atom stereocenters. The van der Waals surface area contributed by atoms with E-state index in [0.29, 0.717) is 31.7 Å². The van der Waals surface area contributed by atoms with E-state index < -0.39 is 0 Å². The molecule has 126 valence electrons. The summed E-state index contributed by atoms with van der Waals surface area (Å²) in [5.74, 6) is 0.419. The summed E-state index contributed by atoms with van der Waals surface area (Å²) in [5.41, 5.74) is 0. The van der Waals surface area contributed by atoms with E-state index in [9.17, 15) is 14.0 Å². The van der Waals surface area contributed by atoms with Gasteiger partial charge in [-0.25, -0.2) is 4.39 Å². The molecule has 2 rings (SSSR count). The Hall–Kier alpha value is -2.11. The van der Waals surface area contributed by atoms with Crippen molar-refractivity contribution < 1.29 is 18.7 Å². The molecule has 5 nitrogen and oxygen atoms in total. The average molecular weight is 322 g/mol. The molecule has 6 heteroatoms. The maximum absolute atomic E-state index is 12.8. The number of piperidine rings is 1. The Balaban J connectivity index is 1.71. The summed E-state index contributed by atoms with van der Waals surface area (Å²) in [6.45, 7) is 1.49. The van der Waals surface area contributed by atoms with Gasteiger partial charge in [-0.3, -0.25) is 9.59 Å². The van der Waals surface area contributed by atoms with Crippen LogP contribution in [0.15, 0.2) is 24.3 Å². The molecule has 2 amide bonds. The number of hydrogen-bond acceptors (Lipinski definition) is 3. The van der Waals surface area contributed by atoms with Gasteiger partial charge in [0.1, 0.15) is 11.6 Å². The lowest BCUT2D eigenvalue weighted by Crippen LogP contribution is -2.43. The highest BCUT2D eigenvalue weighted by Crippen LogP contribution is 2.19. The number of nitrogens with zero attached hydrogens (tertiary/aromatic N) is 2. The largest absolute Gasteiger partial charge is 0.493 e. The van der Waals surface area contributed by atoms with Crippen LogP contribution in [0.3, 0.4) is 0 Å². The Morgan fingerprint density at radius 1 is 1.22 bits per heavy atom. The van der Waals surface area contributed by atoms with E-state index in [4.69, 9.17) is 4.74 Å². The fraction of sp³-hybridized carbons (Fsp3) is 0.529. The first-order valence-electron chi connectivity index (χ1n) is 7.84. The maximum atomic E-state index is 12.8. The Morgan fingerprint density at radius 3 is 2.39 bits per heavy atom. The number of carbonyl (C=O) groups is 2. The highest BCUT2D eigenvalue weighted by atomic mass is 19.1. The zero-order chi connectivity index (χ0) is 16.8. The van der Waals surface area contributed by atoms with Crippen molar-refractivity contribution >= 4 is 11.8 Å². The zero-order valence-electron chi connectivity index (χ0n) is 13.6. The first-order valence-corrected chi connectivity index (χ1v) is 7.84.